The molecule has 1 aliphatic heterocycles. The molecule has 1 fully saturated rings. The van der Waals surface area contributed by atoms with Gasteiger partial charge in [-0.1, -0.05) is 65.4 Å². The molecule has 9 heteroatoms. The second-order valence-corrected chi connectivity index (χ2v) is 10.8. The monoisotopic (exact) mass is 641 g/mol. The standard InChI is InChI=1S/C25H18Cl2INO3S2/c1-2-31-21-12-15(11-20(28)23(21)32-14-16-5-3-4-6-19(16)27)13-22-24(30)29(25(33)34-22)18-9-7-17(26)8-10-18/h3-13H,2,14H2,1H3/b22-13-. The van der Waals surface area contributed by atoms with Crippen LogP contribution in [0.5, 0.6) is 11.5 Å². The van der Waals surface area contributed by atoms with E-state index in [-0.39, 0.29) is 5.91 Å². The van der Waals surface area contributed by atoms with Crippen molar-refractivity contribution in [2.45, 2.75) is 13.5 Å². The minimum absolute atomic E-state index is 0.177. The molecule has 0 saturated carbocycles. The van der Waals surface area contributed by atoms with Crippen LogP contribution in [0.2, 0.25) is 10.0 Å². The van der Waals surface area contributed by atoms with E-state index in [2.05, 4.69) is 22.6 Å². The van der Waals surface area contributed by atoms with Crippen molar-refractivity contribution in [3.8, 4) is 11.5 Å². The number of thiocarbonyl (C=S) groups is 1. The number of hydrogen-bond acceptors (Lipinski definition) is 5. The summed E-state index contributed by atoms with van der Waals surface area (Å²) in [6.07, 6.45) is 1.82. The third kappa shape index (κ3) is 5.71. The van der Waals surface area contributed by atoms with Crippen LogP contribution in [-0.4, -0.2) is 16.8 Å². The lowest BCUT2D eigenvalue weighted by Crippen LogP contribution is -2.27. The normalized spacial score (nSPS) is 14.7. The van der Waals surface area contributed by atoms with Gasteiger partial charge in [0.25, 0.3) is 5.91 Å². The molecule has 1 saturated heterocycles. The third-order valence-corrected chi connectivity index (χ3v) is 7.56. The molecule has 1 heterocycles. The fraction of sp³-hybridized carbons (Fsp3) is 0.120. The second kappa shape index (κ2) is 11.3. The number of amides is 1. The molecule has 174 valence electrons. The predicted octanol–water partition coefficient (Wildman–Crippen LogP) is 7.98. The molecule has 3 aromatic rings. The Hall–Kier alpha value is -1.78. The first-order valence-electron chi connectivity index (χ1n) is 10.2. The molecule has 0 bridgehead atoms. The van der Waals surface area contributed by atoms with Gasteiger partial charge in [0, 0.05) is 15.6 Å². The summed E-state index contributed by atoms with van der Waals surface area (Å²) < 4.78 is 13.3. The molecule has 0 atom stereocenters. The van der Waals surface area contributed by atoms with Gasteiger partial charge in [-0.15, -0.1) is 0 Å². The summed E-state index contributed by atoms with van der Waals surface area (Å²) in [5, 5.41) is 1.24. The van der Waals surface area contributed by atoms with E-state index in [1.54, 1.807) is 24.3 Å². The zero-order valence-corrected chi connectivity index (χ0v) is 23.2. The lowest BCUT2D eigenvalue weighted by Gasteiger charge is -2.15. The number of benzene rings is 3. The van der Waals surface area contributed by atoms with E-state index in [1.165, 1.54) is 16.7 Å². The zero-order valence-electron chi connectivity index (χ0n) is 17.9. The van der Waals surface area contributed by atoms with Gasteiger partial charge in [0.05, 0.1) is 20.8 Å². The van der Waals surface area contributed by atoms with Crippen molar-refractivity contribution >= 4 is 91.8 Å². The van der Waals surface area contributed by atoms with E-state index in [9.17, 15) is 4.79 Å². The van der Waals surface area contributed by atoms with Crippen LogP contribution in [0, 0.1) is 3.57 Å². The molecule has 0 spiro atoms. The quantitative estimate of drug-likeness (QED) is 0.149. The average molecular weight is 642 g/mol. The summed E-state index contributed by atoms with van der Waals surface area (Å²) in [5.41, 5.74) is 2.38. The Morgan fingerprint density at radius 3 is 2.53 bits per heavy atom. The highest BCUT2D eigenvalue weighted by atomic mass is 127. The molecule has 0 radical (unpaired) electrons. The summed E-state index contributed by atoms with van der Waals surface area (Å²) in [4.78, 5) is 15.1. The molecular weight excluding hydrogens is 624 g/mol. The van der Waals surface area contributed by atoms with E-state index >= 15 is 0 Å². The molecule has 34 heavy (non-hydrogen) atoms. The molecule has 3 aromatic carbocycles. The number of ether oxygens (including phenoxy) is 2. The third-order valence-electron chi connectivity index (χ3n) is 4.84. The maximum atomic E-state index is 13.1. The van der Waals surface area contributed by atoms with Crippen LogP contribution < -0.4 is 14.4 Å². The molecular formula is C25H18Cl2INO3S2. The van der Waals surface area contributed by atoms with Gasteiger partial charge in [0.2, 0.25) is 0 Å². The molecule has 0 unspecified atom stereocenters. The first-order valence-corrected chi connectivity index (χ1v) is 13.3. The van der Waals surface area contributed by atoms with Crippen molar-refractivity contribution < 1.29 is 14.3 Å². The van der Waals surface area contributed by atoms with Crippen molar-refractivity contribution in [3.05, 3.63) is 90.3 Å². The summed E-state index contributed by atoms with van der Waals surface area (Å²) in [6, 6.07) is 18.4. The van der Waals surface area contributed by atoms with E-state index in [0.717, 1.165) is 14.7 Å². The Morgan fingerprint density at radius 2 is 1.82 bits per heavy atom. The fourth-order valence-electron chi connectivity index (χ4n) is 3.27. The minimum atomic E-state index is -0.177. The minimum Gasteiger partial charge on any atom is -0.490 e. The summed E-state index contributed by atoms with van der Waals surface area (Å²) >= 11 is 21.2. The van der Waals surface area contributed by atoms with E-state index in [1.807, 2.05) is 49.4 Å². The number of hydrogen-bond donors (Lipinski definition) is 0. The Kier molecular flexibility index (Phi) is 8.42. The van der Waals surface area contributed by atoms with Crippen molar-refractivity contribution in [1.82, 2.24) is 0 Å². The van der Waals surface area contributed by atoms with Gasteiger partial charge >= 0.3 is 0 Å². The molecule has 0 aliphatic carbocycles. The Balaban J connectivity index is 1.60. The van der Waals surface area contributed by atoms with E-state index in [0.29, 0.717) is 49.7 Å². The first-order chi connectivity index (χ1) is 16.4. The highest BCUT2D eigenvalue weighted by molar-refractivity contribution is 14.1. The maximum absolute atomic E-state index is 13.1. The van der Waals surface area contributed by atoms with Gasteiger partial charge in [-0.2, -0.15) is 0 Å². The maximum Gasteiger partial charge on any atom is 0.270 e. The molecule has 1 amide bonds. The number of thioether (sulfide) groups is 1. The molecule has 0 N–H and O–H groups in total. The highest BCUT2D eigenvalue weighted by Crippen LogP contribution is 2.39. The average Bonchev–Trinajstić information content (AvgIpc) is 3.08. The lowest BCUT2D eigenvalue weighted by atomic mass is 10.1. The van der Waals surface area contributed by atoms with Gasteiger partial charge in [-0.3, -0.25) is 9.69 Å². The number of anilines is 1. The van der Waals surface area contributed by atoms with Crippen LogP contribution in [0.15, 0.2) is 65.6 Å². The van der Waals surface area contributed by atoms with Crippen molar-refractivity contribution in [1.29, 1.82) is 0 Å². The molecule has 4 rings (SSSR count). The van der Waals surface area contributed by atoms with Gasteiger partial charge in [-0.25, -0.2) is 0 Å². The van der Waals surface area contributed by atoms with Crippen LogP contribution >= 0.6 is 69.8 Å². The van der Waals surface area contributed by atoms with E-state index in [4.69, 9.17) is 44.9 Å². The van der Waals surface area contributed by atoms with Crippen molar-refractivity contribution in [2.75, 3.05) is 11.5 Å². The number of carbonyl (C=O) groups excluding carboxylic acids is 1. The van der Waals surface area contributed by atoms with Gasteiger partial charge in [0.1, 0.15) is 6.61 Å². The number of halogens is 3. The first kappa shape index (κ1) is 25.3. The predicted molar refractivity (Wildman–Crippen MR) is 153 cm³/mol. The number of nitrogens with zero attached hydrogens (tertiary/aromatic N) is 1. The van der Waals surface area contributed by atoms with Crippen molar-refractivity contribution in [2.24, 2.45) is 0 Å². The Morgan fingerprint density at radius 1 is 1.09 bits per heavy atom. The van der Waals surface area contributed by atoms with Crippen LogP contribution in [0.3, 0.4) is 0 Å². The fourth-order valence-corrected chi connectivity index (χ4v) is 5.67. The summed E-state index contributed by atoms with van der Waals surface area (Å²) in [6.45, 7) is 2.70. The SMILES string of the molecule is CCOc1cc(/C=C2\SC(=S)N(c3ccc(Cl)cc3)C2=O)cc(I)c1OCc1ccccc1Cl. The Labute approximate surface area is 231 Å². The lowest BCUT2D eigenvalue weighted by molar-refractivity contribution is -0.113. The van der Waals surface area contributed by atoms with Crippen LogP contribution in [0.4, 0.5) is 5.69 Å². The zero-order chi connectivity index (χ0) is 24.2. The molecule has 0 aromatic heterocycles. The second-order valence-electron chi connectivity index (χ2n) is 7.14. The van der Waals surface area contributed by atoms with E-state index < -0.39 is 0 Å². The Bertz CT molecular complexity index is 1280. The number of rotatable bonds is 7. The van der Waals surface area contributed by atoms with Crippen LogP contribution in [-0.2, 0) is 11.4 Å². The van der Waals surface area contributed by atoms with Gasteiger partial charge in [-0.05, 0) is 83.6 Å². The van der Waals surface area contributed by atoms with Crippen molar-refractivity contribution in [3.63, 3.8) is 0 Å². The molecule has 4 nitrogen and oxygen atoms in total. The topological polar surface area (TPSA) is 38.8 Å². The largest absolute Gasteiger partial charge is 0.490 e. The molecule has 1 aliphatic rings. The highest BCUT2D eigenvalue weighted by Gasteiger charge is 2.33. The van der Waals surface area contributed by atoms with Gasteiger partial charge in [0.15, 0.2) is 15.8 Å². The smallest absolute Gasteiger partial charge is 0.270 e. The number of carbonyl (C=O) groups is 1. The summed E-state index contributed by atoms with van der Waals surface area (Å²) in [5.74, 6) is 1.05. The van der Waals surface area contributed by atoms with Crippen LogP contribution in [0.25, 0.3) is 6.08 Å². The summed E-state index contributed by atoms with van der Waals surface area (Å²) in [7, 11) is 0. The van der Waals surface area contributed by atoms with Crippen LogP contribution in [0.1, 0.15) is 18.1 Å². The van der Waals surface area contributed by atoms with Gasteiger partial charge < -0.3 is 9.47 Å².